The summed E-state index contributed by atoms with van der Waals surface area (Å²) in [6, 6.07) is 0. The zero-order chi connectivity index (χ0) is 13.1. The smallest absolute Gasteiger partial charge is 0.331 e. The number of cyclic esters (lactones) is 1. The van der Waals surface area contributed by atoms with Crippen LogP contribution in [0.3, 0.4) is 0 Å². The van der Waals surface area contributed by atoms with Crippen LogP contribution in [0.5, 0.6) is 0 Å². The Balaban J connectivity index is 2.36. The molecule has 0 spiro atoms. The third-order valence-electron chi connectivity index (χ3n) is 3.29. The van der Waals surface area contributed by atoms with Crippen LogP contribution in [0.2, 0.25) is 0 Å². The van der Waals surface area contributed by atoms with Crippen LogP contribution in [0.1, 0.15) is 64.7 Å². The number of rotatable bonds is 5. The van der Waals surface area contributed by atoms with Gasteiger partial charge in [0.15, 0.2) is 0 Å². The highest BCUT2D eigenvalue weighted by atomic mass is 16.5. The lowest BCUT2D eigenvalue weighted by Gasteiger charge is -2.16. The standard InChI is InChI=1S/C16H26O2/c1-2-3-4-9-12-15-13-10-7-5-6-8-11-14-16(17)18-15/h6,8,11,14-15H,2-5,7,9-10,12-13H2,1H3/b8-6+,14-11-. The van der Waals surface area contributed by atoms with Crippen molar-refractivity contribution in [1.29, 1.82) is 0 Å². The molecule has 1 rings (SSSR count). The van der Waals surface area contributed by atoms with Crippen molar-refractivity contribution in [3.8, 4) is 0 Å². The van der Waals surface area contributed by atoms with E-state index in [0.29, 0.717) is 0 Å². The maximum atomic E-state index is 11.6. The van der Waals surface area contributed by atoms with Crippen molar-refractivity contribution in [2.75, 3.05) is 0 Å². The highest BCUT2D eigenvalue weighted by molar-refractivity contribution is 5.82. The Labute approximate surface area is 111 Å². The van der Waals surface area contributed by atoms with Crippen molar-refractivity contribution in [2.24, 2.45) is 0 Å². The van der Waals surface area contributed by atoms with Gasteiger partial charge in [0, 0.05) is 6.08 Å². The van der Waals surface area contributed by atoms with E-state index in [2.05, 4.69) is 13.0 Å². The minimum absolute atomic E-state index is 0.122. The molecule has 0 saturated heterocycles. The fraction of sp³-hybridized carbons (Fsp3) is 0.688. The third kappa shape index (κ3) is 7.31. The van der Waals surface area contributed by atoms with Gasteiger partial charge in [-0.05, 0) is 38.5 Å². The lowest BCUT2D eigenvalue weighted by Crippen LogP contribution is -2.17. The first-order valence-corrected chi connectivity index (χ1v) is 7.36. The summed E-state index contributed by atoms with van der Waals surface area (Å²) in [5.74, 6) is -0.193. The molecule has 1 unspecified atom stereocenters. The number of carbonyl (C=O) groups is 1. The molecule has 0 aromatic heterocycles. The molecule has 102 valence electrons. The second-order valence-corrected chi connectivity index (χ2v) is 4.98. The first-order chi connectivity index (χ1) is 8.83. The van der Waals surface area contributed by atoms with Gasteiger partial charge in [-0.3, -0.25) is 0 Å². The molecule has 2 heteroatoms. The molecule has 0 bridgehead atoms. The lowest BCUT2D eigenvalue weighted by atomic mass is 10.0. The van der Waals surface area contributed by atoms with E-state index in [4.69, 9.17) is 4.74 Å². The molecule has 0 radical (unpaired) electrons. The number of allylic oxidation sites excluding steroid dienone is 3. The first-order valence-electron chi connectivity index (χ1n) is 7.36. The average molecular weight is 250 g/mol. The summed E-state index contributed by atoms with van der Waals surface area (Å²) in [4.78, 5) is 11.6. The number of hydrogen-bond donors (Lipinski definition) is 0. The SMILES string of the molecule is CCCCCCC1CCCC/C=C/C=C\C(=O)O1. The molecule has 1 aliphatic rings. The molecule has 0 fully saturated rings. The number of carbonyl (C=O) groups excluding carboxylic acids is 1. The molecular formula is C16H26O2. The summed E-state index contributed by atoms with van der Waals surface area (Å²) in [5.41, 5.74) is 0. The van der Waals surface area contributed by atoms with Crippen LogP contribution in [0.4, 0.5) is 0 Å². The number of unbranched alkanes of at least 4 members (excludes halogenated alkanes) is 3. The monoisotopic (exact) mass is 250 g/mol. The molecule has 1 atom stereocenters. The normalized spacial score (nSPS) is 24.9. The Morgan fingerprint density at radius 3 is 2.94 bits per heavy atom. The summed E-state index contributed by atoms with van der Waals surface area (Å²) in [5, 5.41) is 0. The molecule has 1 aliphatic heterocycles. The third-order valence-corrected chi connectivity index (χ3v) is 3.29. The highest BCUT2D eigenvalue weighted by Crippen LogP contribution is 2.16. The molecule has 0 N–H and O–H groups in total. The van der Waals surface area contributed by atoms with Gasteiger partial charge in [0.2, 0.25) is 0 Å². The van der Waals surface area contributed by atoms with E-state index in [9.17, 15) is 4.79 Å². The van der Waals surface area contributed by atoms with Gasteiger partial charge in [-0.15, -0.1) is 0 Å². The fourth-order valence-corrected chi connectivity index (χ4v) is 2.21. The summed E-state index contributed by atoms with van der Waals surface area (Å²) in [6.45, 7) is 2.21. The summed E-state index contributed by atoms with van der Waals surface area (Å²) in [6.07, 6.45) is 17.9. The van der Waals surface area contributed by atoms with Crippen LogP contribution in [0, 0.1) is 0 Å². The van der Waals surface area contributed by atoms with E-state index in [-0.39, 0.29) is 12.1 Å². The van der Waals surface area contributed by atoms with E-state index in [1.165, 1.54) is 38.2 Å². The maximum absolute atomic E-state index is 11.6. The van der Waals surface area contributed by atoms with Gasteiger partial charge in [0.1, 0.15) is 6.10 Å². The van der Waals surface area contributed by atoms with Crippen LogP contribution < -0.4 is 0 Å². The number of ether oxygens (including phenoxy) is 1. The molecule has 0 amide bonds. The number of hydrogen-bond acceptors (Lipinski definition) is 2. The van der Waals surface area contributed by atoms with E-state index in [0.717, 1.165) is 25.7 Å². The van der Waals surface area contributed by atoms with Gasteiger partial charge in [0.25, 0.3) is 0 Å². The molecular weight excluding hydrogens is 224 g/mol. The van der Waals surface area contributed by atoms with Gasteiger partial charge in [-0.2, -0.15) is 0 Å². The molecule has 2 nitrogen and oxygen atoms in total. The van der Waals surface area contributed by atoms with Gasteiger partial charge in [-0.25, -0.2) is 4.79 Å². The minimum Gasteiger partial charge on any atom is -0.459 e. The Bertz CT molecular complexity index is 279. The molecule has 0 aliphatic carbocycles. The van der Waals surface area contributed by atoms with Crippen LogP contribution in [-0.2, 0) is 9.53 Å². The van der Waals surface area contributed by atoms with Gasteiger partial charge in [-0.1, -0.05) is 44.4 Å². The average Bonchev–Trinajstić information content (AvgIpc) is 2.40. The Morgan fingerprint density at radius 2 is 2.11 bits per heavy atom. The highest BCUT2D eigenvalue weighted by Gasteiger charge is 2.12. The van der Waals surface area contributed by atoms with Crippen molar-refractivity contribution in [1.82, 2.24) is 0 Å². The van der Waals surface area contributed by atoms with E-state index in [1.54, 1.807) is 6.08 Å². The fourth-order valence-electron chi connectivity index (χ4n) is 2.21. The Kier molecular flexibility index (Phi) is 8.28. The van der Waals surface area contributed by atoms with E-state index in [1.807, 2.05) is 6.08 Å². The second-order valence-electron chi connectivity index (χ2n) is 4.98. The summed E-state index contributed by atoms with van der Waals surface area (Å²) < 4.78 is 5.50. The lowest BCUT2D eigenvalue weighted by molar-refractivity contribution is -0.143. The zero-order valence-electron chi connectivity index (χ0n) is 11.6. The minimum atomic E-state index is -0.193. The van der Waals surface area contributed by atoms with E-state index < -0.39 is 0 Å². The van der Waals surface area contributed by atoms with Gasteiger partial charge in [0.05, 0.1) is 0 Å². The quantitative estimate of drug-likeness (QED) is 0.528. The van der Waals surface area contributed by atoms with Crippen molar-refractivity contribution >= 4 is 5.97 Å². The Morgan fingerprint density at radius 1 is 1.22 bits per heavy atom. The molecule has 0 saturated carbocycles. The van der Waals surface area contributed by atoms with Crippen LogP contribution in [0.25, 0.3) is 0 Å². The van der Waals surface area contributed by atoms with Crippen LogP contribution in [-0.4, -0.2) is 12.1 Å². The number of esters is 1. The zero-order valence-corrected chi connectivity index (χ0v) is 11.6. The predicted octanol–water partition coefficient (Wildman–Crippen LogP) is 4.56. The van der Waals surface area contributed by atoms with Crippen LogP contribution >= 0.6 is 0 Å². The van der Waals surface area contributed by atoms with Crippen molar-refractivity contribution < 1.29 is 9.53 Å². The second kappa shape index (κ2) is 9.93. The van der Waals surface area contributed by atoms with Gasteiger partial charge >= 0.3 is 5.97 Å². The Hall–Kier alpha value is -1.05. The van der Waals surface area contributed by atoms with E-state index >= 15 is 0 Å². The molecule has 0 aromatic carbocycles. The topological polar surface area (TPSA) is 26.3 Å². The van der Waals surface area contributed by atoms with Crippen molar-refractivity contribution in [3.05, 3.63) is 24.3 Å². The van der Waals surface area contributed by atoms with Gasteiger partial charge < -0.3 is 4.74 Å². The first kappa shape index (κ1) is 15.0. The van der Waals surface area contributed by atoms with Crippen molar-refractivity contribution in [2.45, 2.75) is 70.8 Å². The van der Waals surface area contributed by atoms with Crippen LogP contribution in [0.15, 0.2) is 24.3 Å². The summed E-state index contributed by atoms with van der Waals surface area (Å²) in [7, 11) is 0. The molecule has 1 heterocycles. The largest absolute Gasteiger partial charge is 0.459 e. The molecule has 0 aromatic rings. The summed E-state index contributed by atoms with van der Waals surface area (Å²) >= 11 is 0. The predicted molar refractivity (Wildman–Crippen MR) is 75.4 cm³/mol. The van der Waals surface area contributed by atoms with Crippen molar-refractivity contribution in [3.63, 3.8) is 0 Å². The maximum Gasteiger partial charge on any atom is 0.331 e. The molecule has 18 heavy (non-hydrogen) atoms.